The molecule has 112 valence electrons. The number of rotatable bonds is 5. The number of piperidine rings is 1. The Hall–Kier alpha value is -0.0000000000000000416. The molecule has 0 spiro atoms. The minimum absolute atomic E-state index is 0.0712. The summed E-state index contributed by atoms with van der Waals surface area (Å²) in [7, 11) is -9.13. The predicted octanol–water partition coefficient (Wildman–Crippen LogP) is 1.71. The fourth-order valence-corrected chi connectivity index (χ4v) is 5.72. The van der Waals surface area contributed by atoms with Crippen LogP contribution in [0.15, 0.2) is 11.6 Å². The van der Waals surface area contributed by atoms with Crippen LogP contribution < -0.4 is 0 Å². The minimum Gasteiger partial charge on any atom is -0.323 e. The zero-order valence-electron chi connectivity index (χ0n) is 11.1. The van der Waals surface area contributed by atoms with Crippen molar-refractivity contribution >= 4 is 15.2 Å². The van der Waals surface area contributed by atoms with Gasteiger partial charge in [0.25, 0.3) is 0 Å². The summed E-state index contributed by atoms with van der Waals surface area (Å²) in [5.74, 6) is 0. The monoisotopic (exact) mass is 313 g/mol. The van der Waals surface area contributed by atoms with Crippen molar-refractivity contribution in [1.82, 2.24) is 4.90 Å². The van der Waals surface area contributed by atoms with Crippen LogP contribution in [0.2, 0.25) is 0 Å². The second-order valence-corrected chi connectivity index (χ2v) is 8.35. The van der Waals surface area contributed by atoms with Gasteiger partial charge < -0.3 is 19.2 Å². The predicted molar refractivity (Wildman–Crippen MR) is 71.8 cm³/mol. The van der Waals surface area contributed by atoms with Crippen LogP contribution in [0.3, 0.4) is 0 Å². The molecule has 19 heavy (non-hydrogen) atoms. The Balaban J connectivity index is 2.94. The van der Waals surface area contributed by atoms with E-state index in [0.717, 1.165) is 0 Å². The van der Waals surface area contributed by atoms with Crippen molar-refractivity contribution < 1.29 is 28.3 Å². The molecular weight excluding hydrogens is 292 g/mol. The first-order valence-electron chi connectivity index (χ1n) is 6.12. The highest BCUT2D eigenvalue weighted by atomic mass is 31.2. The van der Waals surface area contributed by atoms with Crippen molar-refractivity contribution in [2.45, 2.75) is 32.2 Å². The SMILES string of the molecule is CC=C1CCN(C(P(=O)(O)O)P(=O)(O)OCC)CC1. The Morgan fingerprint density at radius 2 is 1.84 bits per heavy atom. The van der Waals surface area contributed by atoms with Crippen LogP contribution in [0.5, 0.6) is 0 Å². The summed E-state index contributed by atoms with van der Waals surface area (Å²) < 4.78 is 28.2. The van der Waals surface area contributed by atoms with E-state index in [-0.39, 0.29) is 6.61 Å². The highest BCUT2D eigenvalue weighted by molar-refractivity contribution is 7.71. The van der Waals surface area contributed by atoms with Crippen LogP contribution in [0, 0.1) is 0 Å². The van der Waals surface area contributed by atoms with E-state index in [2.05, 4.69) is 4.52 Å². The Labute approximate surface area is 113 Å². The lowest BCUT2D eigenvalue weighted by molar-refractivity contribution is 0.193. The van der Waals surface area contributed by atoms with Gasteiger partial charge in [0.15, 0.2) is 0 Å². The van der Waals surface area contributed by atoms with Gasteiger partial charge in [-0.15, -0.1) is 0 Å². The molecule has 1 saturated heterocycles. The van der Waals surface area contributed by atoms with E-state index in [1.807, 2.05) is 13.0 Å². The molecule has 0 radical (unpaired) electrons. The first-order chi connectivity index (χ1) is 8.72. The maximum atomic E-state index is 12.0. The van der Waals surface area contributed by atoms with Crippen LogP contribution >= 0.6 is 15.2 Å². The highest BCUT2D eigenvalue weighted by Gasteiger charge is 2.49. The van der Waals surface area contributed by atoms with Gasteiger partial charge >= 0.3 is 15.2 Å². The Morgan fingerprint density at radius 3 is 2.21 bits per heavy atom. The van der Waals surface area contributed by atoms with E-state index < -0.39 is 20.7 Å². The molecule has 2 atom stereocenters. The third kappa shape index (κ3) is 4.50. The molecule has 0 bridgehead atoms. The normalized spacial score (nSPS) is 22.9. The third-order valence-corrected chi connectivity index (χ3v) is 7.33. The Kier molecular flexibility index (Phi) is 5.96. The third-order valence-electron chi connectivity index (χ3n) is 3.08. The standard InChI is InChI=1S/C10H21NO6P2/c1-3-9-5-7-11(8-6-9)10(18(12,13)14)19(15,16)17-4-2/h3,10H,4-8H2,1-2H3,(H,15,16)(H2,12,13,14). The first-order valence-corrected chi connectivity index (χ1v) is 9.45. The largest absolute Gasteiger partial charge is 0.357 e. The number of hydrogen-bond acceptors (Lipinski definition) is 4. The summed E-state index contributed by atoms with van der Waals surface area (Å²) >= 11 is 0. The number of nitrogens with zero attached hydrogens (tertiary/aromatic N) is 1. The molecule has 1 rings (SSSR count). The fourth-order valence-electron chi connectivity index (χ4n) is 2.19. The van der Waals surface area contributed by atoms with Crippen LogP contribution in [0.1, 0.15) is 26.7 Å². The van der Waals surface area contributed by atoms with E-state index in [1.54, 1.807) is 0 Å². The topological polar surface area (TPSA) is 107 Å². The molecule has 0 saturated carbocycles. The van der Waals surface area contributed by atoms with Gasteiger partial charge in [-0.25, -0.2) is 0 Å². The van der Waals surface area contributed by atoms with Crippen molar-refractivity contribution in [3.8, 4) is 0 Å². The summed E-state index contributed by atoms with van der Waals surface area (Å²) in [6, 6.07) is 0. The van der Waals surface area contributed by atoms with Gasteiger partial charge in [0, 0.05) is 13.1 Å². The fraction of sp³-hybridized carbons (Fsp3) is 0.800. The van der Waals surface area contributed by atoms with E-state index in [0.29, 0.717) is 25.9 Å². The van der Waals surface area contributed by atoms with Crippen molar-refractivity contribution in [2.75, 3.05) is 19.7 Å². The molecule has 1 heterocycles. The van der Waals surface area contributed by atoms with Crippen molar-refractivity contribution in [2.24, 2.45) is 0 Å². The quantitative estimate of drug-likeness (QED) is 0.524. The molecule has 1 aliphatic rings. The molecule has 9 heteroatoms. The molecule has 0 aromatic heterocycles. The van der Waals surface area contributed by atoms with E-state index in [1.165, 1.54) is 17.4 Å². The lowest BCUT2D eigenvalue weighted by Crippen LogP contribution is -2.39. The van der Waals surface area contributed by atoms with Gasteiger partial charge in [0.05, 0.1) is 6.61 Å². The molecule has 0 aromatic rings. The number of likely N-dealkylation sites (tertiary alicyclic amines) is 1. The second-order valence-electron chi connectivity index (χ2n) is 4.40. The summed E-state index contributed by atoms with van der Waals surface area (Å²) in [5.41, 5.74) is -0.580. The average molecular weight is 313 g/mol. The van der Waals surface area contributed by atoms with E-state index in [9.17, 15) is 23.8 Å². The molecule has 0 aromatic carbocycles. The van der Waals surface area contributed by atoms with Crippen LogP contribution in [-0.2, 0) is 13.7 Å². The van der Waals surface area contributed by atoms with Gasteiger partial charge in [-0.1, -0.05) is 11.6 Å². The van der Waals surface area contributed by atoms with E-state index >= 15 is 0 Å². The summed E-state index contributed by atoms with van der Waals surface area (Å²) in [4.78, 5) is 29.9. The van der Waals surface area contributed by atoms with Crippen molar-refractivity contribution in [3.05, 3.63) is 11.6 Å². The van der Waals surface area contributed by atoms with Gasteiger partial charge in [-0.05, 0) is 26.7 Å². The molecule has 2 unspecified atom stereocenters. The van der Waals surface area contributed by atoms with Crippen LogP contribution in [-0.4, -0.2) is 44.8 Å². The first kappa shape index (κ1) is 17.1. The molecule has 1 aliphatic heterocycles. The van der Waals surface area contributed by atoms with Crippen LogP contribution in [0.4, 0.5) is 0 Å². The minimum atomic E-state index is -4.76. The van der Waals surface area contributed by atoms with Gasteiger partial charge in [0.1, 0.15) is 0 Å². The lowest BCUT2D eigenvalue weighted by atomic mass is 10.1. The molecule has 3 N–H and O–H groups in total. The maximum absolute atomic E-state index is 12.0. The lowest BCUT2D eigenvalue weighted by Gasteiger charge is -2.36. The zero-order valence-corrected chi connectivity index (χ0v) is 12.9. The summed E-state index contributed by atoms with van der Waals surface area (Å²) in [6.07, 6.45) is 3.24. The average Bonchev–Trinajstić information content (AvgIpc) is 2.27. The van der Waals surface area contributed by atoms with Crippen molar-refractivity contribution in [1.29, 1.82) is 0 Å². The summed E-state index contributed by atoms with van der Waals surface area (Å²) in [5, 5.41) is 0. The Bertz CT molecular complexity index is 422. The van der Waals surface area contributed by atoms with Gasteiger partial charge in [-0.2, -0.15) is 0 Å². The molecule has 0 aliphatic carbocycles. The zero-order chi connectivity index (χ0) is 14.7. The maximum Gasteiger partial charge on any atom is 0.357 e. The number of hydrogen-bond donors (Lipinski definition) is 3. The second kappa shape index (κ2) is 6.64. The van der Waals surface area contributed by atoms with Gasteiger partial charge in [0.2, 0.25) is 5.52 Å². The highest BCUT2D eigenvalue weighted by Crippen LogP contribution is 2.64. The summed E-state index contributed by atoms with van der Waals surface area (Å²) in [6.45, 7) is 4.02. The molecule has 0 amide bonds. The van der Waals surface area contributed by atoms with Crippen LogP contribution in [0.25, 0.3) is 0 Å². The molecular formula is C10H21NO6P2. The molecule has 7 nitrogen and oxygen atoms in total. The number of allylic oxidation sites excluding steroid dienone is 1. The smallest absolute Gasteiger partial charge is 0.323 e. The van der Waals surface area contributed by atoms with Crippen molar-refractivity contribution in [3.63, 3.8) is 0 Å². The van der Waals surface area contributed by atoms with E-state index in [4.69, 9.17) is 0 Å². The molecule has 1 fully saturated rings. The van der Waals surface area contributed by atoms with Gasteiger partial charge in [-0.3, -0.25) is 14.0 Å². The Morgan fingerprint density at radius 1 is 1.32 bits per heavy atom.